The summed E-state index contributed by atoms with van der Waals surface area (Å²) >= 11 is 0. The standard InChI is InChI=1S/C8H18N2O2/c1-7(2)10(5-4-9)8(11)6-12-3/h7H,4-6,9H2,1-3H3. The zero-order chi connectivity index (χ0) is 9.56. The van der Waals surface area contributed by atoms with Gasteiger partial charge in [-0.1, -0.05) is 0 Å². The lowest BCUT2D eigenvalue weighted by molar-refractivity contribution is -0.136. The molecule has 12 heavy (non-hydrogen) atoms. The van der Waals surface area contributed by atoms with Crippen molar-refractivity contribution in [1.82, 2.24) is 4.90 Å². The van der Waals surface area contributed by atoms with Gasteiger partial charge in [0.25, 0.3) is 0 Å². The zero-order valence-corrected chi connectivity index (χ0v) is 8.04. The minimum Gasteiger partial charge on any atom is -0.375 e. The monoisotopic (exact) mass is 174 g/mol. The number of methoxy groups -OCH3 is 1. The zero-order valence-electron chi connectivity index (χ0n) is 8.04. The molecule has 0 heterocycles. The summed E-state index contributed by atoms with van der Waals surface area (Å²) in [6.07, 6.45) is 0. The molecule has 0 aromatic carbocycles. The van der Waals surface area contributed by atoms with E-state index in [-0.39, 0.29) is 18.6 Å². The van der Waals surface area contributed by atoms with Crippen molar-refractivity contribution in [2.45, 2.75) is 19.9 Å². The average molecular weight is 174 g/mol. The van der Waals surface area contributed by atoms with Gasteiger partial charge in [-0.25, -0.2) is 0 Å². The number of carbonyl (C=O) groups is 1. The number of ether oxygens (including phenoxy) is 1. The third-order valence-electron chi connectivity index (χ3n) is 1.58. The highest BCUT2D eigenvalue weighted by molar-refractivity contribution is 5.77. The van der Waals surface area contributed by atoms with Crippen LogP contribution in [0.4, 0.5) is 0 Å². The molecule has 0 bridgehead atoms. The third-order valence-corrected chi connectivity index (χ3v) is 1.58. The largest absolute Gasteiger partial charge is 0.375 e. The van der Waals surface area contributed by atoms with Gasteiger partial charge in [-0.2, -0.15) is 0 Å². The summed E-state index contributed by atoms with van der Waals surface area (Å²) in [6, 6.07) is 0.191. The van der Waals surface area contributed by atoms with Gasteiger partial charge < -0.3 is 15.4 Å². The number of amides is 1. The molecular weight excluding hydrogens is 156 g/mol. The van der Waals surface area contributed by atoms with Gasteiger partial charge >= 0.3 is 0 Å². The van der Waals surface area contributed by atoms with E-state index in [9.17, 15) is 4.79 Å². The number of nitrogens with zero attached hydrogens (tertiary/aromatic N) is 1. The fourth-order valence-corrected chi connectivity index (χ4v) is 1.02. The first-order chi connectivity index (χ1) is 5.63. The van der Waals surface area contributed by atoms with Crippen LogP contribution in [0.25, 0.3) is 0 Å². The van der Waals surface area contributed by atoms with E-state index in [2.05, 4.69) is 0 Å². The Kier molecular flexibility index (Phi) is 5.66. The normalized spacial score (nSPS) is 10.4. The van der Waals surface area contributed by atoms with Gasteiger partial charge in [-0.3, -0.25) is 4.79 Å². The number of carbonyl (C=O) groups excluding carboxylic acids is 1. The summed E-state index contributed by atoms with van der Waals surface area (Å²) in [6.45, 7) is 5.15. The van der Waals surface area contributed by atoms with Crippen LogP contribution in [0.5, 0.6) is 0 Å². The van der Waals surface area contributed by atoms with E-state index < -0.39 is 0 Å². The Morgan fingerprint density at radius 3 is 2.50 bits per heavy atom. The average Bonchev–Trinajstić information content (AvgIpc) is 1.99. The van der Waals surface area contributed by atoms with Gasteiger partial charge in [0.15, 0.2) is 0 Å². The van der Waals surface area contributed by atoms with E-state index in [0.717, 1.165) is 0 Å². The summed E-state index contributed by atoms with van der Waals surface area (Å²) in [7, 11) is 1.51. The number of rotatable bonds is 5. The topological polar surface area (TPSA) is 55.6 Å². The number of nitrogens with two attached hydrogens (primary N) is 1. The Morgan fingerprint density at radius 2 is 2.17 bits per heavy atom. The van der Waals surface area contributed by atoms with E-state index in [4.69, 9.17) is 10.5 Å². The fraction of sp³-hybridized carbons (Fsp3) is 0.875. The summed E-state index contributed by atoms with van der Waals surface area (Å²) < 4.78 is 4.75. The molecule has 4 nitrogen and oxygen atoms in total. The lowest BCUT2D eigenvalue weighted by atomic mass is 10.3. The van der Waals surface area contributed by atoms with Crippen molar-refractivity contribution in [3.05, 3.63) is 0 Å². The van der Waals surface area contributed by atoms with Crippen LogP contribution in [0, 0.1) is 0 Å². The van der Waals surface area contributed by atoms with Gasteiger partial charge in [0, 0.05) is 26.2 Å². The highest BCUT2D eigenvalue weighted by Gasteiger charge is 2.14. The van der Waals surface area contributed by atoms with E-state index in [0.29, 0.717) is 13.1 Å². The van der Waals surface area contributed by atoms with E-state index in [1.54, 1.807) is 4.90 Å². The molecule has 0 spiro atoms. The molecule has 0 saturated carbocycles. The highest BCUT2D eigenvalue weighted by Crippen LogP contribution is 1.97. The van der Waals surface area contributed by atoms with Crippen molar-refractivity contribution in [3.8, 4) is 0 Å². The van der Waals surface area contributed by atoms with E-state index >= 15 is 0 Å². The summed E-state index contributed by atoms with van der Waals surface area (Å²) in [5, 5.41) is 0. The van der Waals surface area contributed by atoms with Crippen molar-refractivity contribution in [2.24, 2.45) is 5.73 Å². The quantitative estimate of drug-likeness (QED) is 0.629. The number of hydrogen-bond acceptors (Lipinski definition) is 3. The minimum atomic E-state index is -0.00190. The third kappa shape index (κ3) is 3.69. The molecule has 0 aliphatic heterocycles. The van der Waals surface area contributed by atoms with Crippen molar-refractivity contribution in [1.29, 1.82) is 0 Å². The summed E-state index contributed by atoms with van der Waals surface area (Å²) in [5.41, 5.74) is 5.37. The van der Waals surface area contributed by atoms with Gasteiger partial charge in [0.05, 0.1) is 0 Å². The molecule has 0 aliphatic rings. The van der Waals surface area contributed by atoms with Crippen LogP contribution in [-0.4, -0.2) is 43.7 Å². The van der Waals surface area contributed by atoms with Crippen molar-refractivity contribution >= 4 is 5.91 Å². The molecule has 72 valence electrons. The maximum absolute atomic E-state index is 11.3. The molecule has 2 N–H and O–H groups in total. The van der Waals surface area contributed by atoms with E-state index in [1.165, 1.54) is 7.11 Å². The van der Waals surface area contributed by atoms with Crippen LogP contribution in [0.1, 0.15) is 13.8 Å². The smallest absolute Gasteiger partial charge is 0.248 e. The highest BCUT2D eigenvalue weighted by atomic mass is 16.5. The Bertz CT molecular complexity index is 137. The first-order valence-corrected chi connectivity index (χ1v) is 4.12. The molecule has 0 aromatic heterocycles. The molecule has 1 amide bonds. The Balaban J connectivity index is 4.00. The lowest BCUT2D eigenvalue weighted by Gasteiger charge is -2.25. The first-order valence-electron chi connectivity index (χ1n) is 4.12. The van der Waals surface area contributed by atoms with Crippen molar-refractivity contribution in [3.63, 3.8) is 0 Å². The van der Waals surface area contributed by atoms with Gasteiger partial charge in [-0.05, 0) is 13.8 Å². The molecule has 0 aromatic rings. The van der Waals surface area contributed by atoms with Crippen LogP contribution >= 0.6 is 0 Å². The molecule has 0 fully saturated rings. The second kappa shape index (κ2) is 5.97. The fourth-order valence-electron chi connectivity index (χ4n) is 1.02. The Hall–Kier alpha value is -0.610. The van der Waals surface area contributed by atoms with Gasteiger partial charge in [0.2, 0.25) is 5.91 Å². The van der Waals surface area contributed by atoms with Gasteiger partial charge in [0.1, 0.15) is 6.61 Å². The molecule has 0 rings (SSSR count). The van der Waals surface area contributed by atoms with Gasteiger partial charge in [-0.15, -0.1) is 0 Å². The van der Waals surface area contributed by atoms with Crippen LogP contribution in [0.15, 0.2) is 0 Å². The predicted molar refractivity (Wildman–Crippen MR) is 47.8 cm³/mol. The molecule has 0 unspecified atom stereocenters. The second-order valence-electron chi connectivity index (χ2n) is 2.90. The minimum absolute atomic E-state index is 0.00190. The molecule has 0 aliphatic carbocycles. The van der Waals surface area contributed by atoms with Crippen LogP contribution < -0.4 is 5.73 Å². The van der Waals surface area contributed by atoms with Crippen LogP contribution in [0.3, 0.4) is 0 Å². The molecule has 4 heteroatoms. The van der Waals surface area contributed by atoms with E-state index in [1.807, 2.05) is 13.8 Å². The maximum atomic E-state index is 11.3. The Labute approximate surface area is 73.7 Å². The second-order valence-corrected chi connectivity index (χ2v) is 2.90. The first kappa shape index (κ1) is 11.4. The molecule has 0 radical (unpaired) electrons. The van der Waals surface area contributed by atoms with Crippen LogP contribution in [-0.2, 0) is 9.53 Å². The SMILES string of the molecule is COCC(=O)N(CCN)C(C)C. The Morgan fingerprint density at radius 1 is 1.58 bits per heavy atom. The number of hydrogen-bond donors (Lipinski definition) is 1. The molecular formula is C8H18N2O2. The summed E-state index contributed by atoms with van der Waals surface area (Å²) in [4.78, 5) is 13.0. The van der Waals surface area contributed by atoms with Crippen molar-refractivity contribution in [2.75, 3.05) is 26.8 Å². The molecule has 0 atom stereocenters. The molecule has 0 saturated heterocycles. The maximum Gasteiger partial charge on any atom is 0.248 e. The summed E-state index contributed by atoms with van der Waals surface area (Å²) in [5.74, 6) is -0.00190. The van der Waals surface area contributed by atoms with Crippen LogP contribution in [0.2, 0.25) is 0 Å². The van der Waals surface area contributed by atoms with Crippen molar-refractivity contribution < 1.29 is 9.53 Å². The lowest BCUT2D eigenvalue weighted by Crippen LogP contribution is -2.42. The predicted octanol–water partition coefficient (Wildman–Crippen LogP) is -0.171.